The van der Waals surface area contributed by atoms with Crippen LogP contribution in [0.4, 0.5) is 5.69 Å². The third kappa shape index (κ3) is 3.12. The maximum Gasteiger partial charge on any atom is 0.165 e. The van der Waals surface area contributed by atoms with Crippen LogP contribution < -0.4 is 9.64 Å². The highest BCUT2D eigenvalue weighted by Gasteiger charge is 2.24. The van der Waals surface area contributed by atoms with E-state index in [2.05, 4.69) is 4.90 Å². The number of hydrogen-bond acceptors (Lipinski definition) is 4. The molecule has 0 amide bonds. The van der Waals surface area contributed by atoms with E-state index in [1.54, 1.807) is 21.1 Å². The van der Waals surface area contributed by atoms with E-state index < -0.39 is 0 Å². The molecule has 0 radical (unpaired) electrons. The van der Waals surface area contributed by atoms with Crippen molar-refractivity contribution in [2.45, 2.75) is 19.8 Å². The summed E-state index contributed by atoms with van der Waals surface area (Å²) in [5, 5.41) is 0. The van der Waals surface area contributed by atoms with E-state index in [4.69, 9.17) is 9.47 Å². The molecule has 0 N–H and O–H groups in total. The predicted molar refractivity (Wildman–Crippen MR) is 79.8 cm³/mol. The third-order valence-corrected chi connectivity index (χ3v) is 3.84. The Bertz CT molecular complexity index is 471. The van der Waals surface area contributed by atoms with Crippen molar-refractivity contribution in [1.82, 2.24) is 0 Å². The van der Waals surface area contributed by atoms with Crippen molar-refractivity contribution in [3.63, 3.8) is 0 Å². The van der Waals surface area contributed by atoms with E-state index in [1.165, 1.54) is 6.42 Å². The number of hydrogen-bond donors (Lipinski definition) is 0. The number of rotatable bonds is 5. The maximum atomic E-state index is 12.0. The van der Waals surface area contributed by atoms with Crippen LogP contribution in [0.1, 0.15) is 30.1 Å². The fourth-order valence-electron chi connectivity index (χ4n) is 2.96. The van der Waals surface area contributed by atoms with Crippen molar-refractivity contribution in [2.75, 3.05) is 38.8 Å². The molecular weight excluding hydrogens is 254 g/mol. The highest BCUT2D eigenvalue weighted by atomic mass is 16.5. The molecule has 4 heteroatoms. The minimum absolute atomic E-state index is 0.0475. The number of ether oxygens (including phenoxy) is 2. The second-order valence-electron chi connectivity index (χ2n) is 5.32. The van der Waals surface area contributed by atoms with Crippen molar-refractivity contribution in [1.29, 1.82) is 0 Å². The fraction of sp³-hybridized carbons (Fsp3) is 0.562. The van der Waals surface area contributed by atoms with E-state index in [0.717, 1.165) is 31.8 Å². The topological polar surface area (TPSA) is 38.8 Å². The Morgan fingerprint density at radius 2 is 2.20 bits per heavy atom. The van der Waals surface area contributed by atoms with Crippen LogP contribution in [-0.4, -0.2) is 39.7 Å². The van der Waals surface area contributed by atoms with Gasteiger partial charge in [0.1, 0.15) is 5.75 Å². The Labute approximate surface area is 120 Å². The second kappa shape index (κ2) is 6.75. The minimum atomic E-state index is 0.0475. The van der Waals surface area contributed by atoms with Gasteiger partial charge in [0, 0.05) is 20.2 Å². The molecule has 4 nitrogen and oxygen atoms in total. The highest BCUT2D eigenvalue weighted by Crippen LogP contribution is 2.32. The highest BCUT2D eigenvalue weighted by molar-refractivity contribution is 6.02. The molecule has 110 valence electrons. The first-order valence-electron chi connectivity index (χ1n) is 7.09. The SMILES string of the molecule is COCC1CCCN(c2cccc(OC)c2C(C)=O)C1. The van der Waals surface area contributed by atoms with Crippen LogP contribution >= 0.6 is 0 Å². The summed E-state index contributed by atoms with van der Waals surface area (Å²) in [6, 6.07) is 5.80. The van der Waals surface area contributed by atoms with Gasteiger partial charge in [-0.05, 0) is 37.8 Å². The van der Waals surface area contributed by atoms with Gasteiger partial charge in [-0.3, -0.25) is 4.79 Å². The molecule has 1 aliphatic heterocycles. The maximum absolute atomic E-state index is 12.0. The van der Waals surface area contributed by atoms with E-state index in [0.29, 0.717) is 17.2 Å². The lowest BCUT2D eigenvalue weighted by Gasteiger charge is -2.35. The second-order valence-corrected chi connectivity index (χ2v) is 5.32. The van der Waals surface area contributed by atoms with Gasteiger partial charge in [-0.25, -0.2) is 0 Å². The monoisotopic (exact) mass is 277 g/mol. The molecule has 2 rings (SSSR count). The van der Waals surface area contributed by atoms with Crippen LogP contribution in [0.25, 0.3) is 0 Å². The van der Waals surface area contributed by atoms with Crippen LogP contribution in [-0.2, 0) is 4.74 Å². The summed E-state index contributed by atoms with van der Waals surface area (Å²) in [4.78, 5) is 14.2. The number of Topliss-reactive ketones (excluding diaryl/α,β-unsaturated/α-hetero) is 1. The molecule has 0 aromatic heterocycles. The van der Waals surface area contributed by atoms with Gasteiger partial charge in [0.15, 0.2) is 5.78 Å². The van der Waals surface area contributed by atoms with E-state index in [1.807, 2.05) is 18.2 Å². The summed E-state index contributed by atoms with van der Waals surface area (Å²) in [5.74, 6) is 1.23. The summed E-state index contributed by atoms with van der Waals surface area (Å²) in [6.45, 7) is 4.28. The molecule has 0 bridgehead atoms. The Kier molecular flexibility index (Phi) is 5.01. The summed E-state index contributed by atoms with van der Waals surface area (Å²) < 4.78 is 10.6. The quantitative estimate of drug-likeness (QED) is 0.776. The number of nitrogens with zero attached hydrogens (tertiary/aromatic N) is 1. The van der Waals surface area contributed by atoms with E-state index >= 15 is 0 Å². The first-order chi connectivity index (χ1) is 9.67. The zero-order valence-corrected chi connectivity index (χ0v) is 12.5. The standard InChI is InChI=1S/C16H23NO3/c1-12(18)16-14(7-4-8-15(16)20-3)17-9-5-6-13(10-17)11-19-2/h4,7-8,13H,5-6,9-11H2,1-3H3. The van der Waals surface area contributed by atoms with E-state index in [-0.39, 0.29) is 5.78 Å². The summed E-state index contributed by atoms with van der Waals surface area (Å²) in [6.07, 6.45) is 2.31. The van der Waals surface area contributed by atoms with Crippen molar-refractivity contribution >= 4 is 11.5 Å². The summed E-state index contributed by atoms with van der Waals surface area (Å²) in [5.41, 5.74) is 1.67. The Morgan fingerprint density at radius 3 is 2.85 bits per heavy atom. The molecule has 1 atom stereocenters. The van der Waals surface area contributed by atoms with Crippen molar-refractivity contribution in [3.05, 3.63) is 23.8 Å². The smallest absolute Gasteiger partial charge is 0.165 e. The zero-order valence-electron chi connectivity index (χ0n) is 12.5. The minimum Gasteiger partial charge on any atom is -0.496 e. The fourth-order valence-corrected chi connectivity index (χ4v) is 2.96. The first-order valence-corrected chi connectivity index (χ1v) is 7.09. The molecule has 1 aliphatic rings. The Morgan fingerprint density at radius 1 is 1.40 bits per heavy atom. The van der Waals surface area contributed by atoms with Crippen LogP contribution in [0, 0.1) is 5.92 Å². The van der Waals surface area contributed by atoms with Crippen LogP contribution in [0.5, 0.6) is 5.75 Å². The van der Waals surface area contributed by atoms with Gasteiger partial charge in [-0.15, -0.1) is 0 Å². The van der Waals surface area contributed by atoms with Gasteiger partial charge in [0.2, 0.25) is 0 Å². The normalized spacial score (nSPS) is 18.9. The molecule has 0 saturated carbocycles. The van der Waals surface area contributed by atoms with Gasteiger partial charge < -0.3 is 14.4 Å². The number of carbonyl (C=O) groups excluding carboxylic acids is 1. The summed E-state index contributed by atoms with van der Waals surface area (Å²) >= 11 is 0. The van der Waals surface area contributed by atoms with Gasteiger partial charge in [0.25, 0.3) is 0 Å². The van der Waals surface area contributed by atoms with Gasteiger partial charge in [-0.2, -0.15) is 0 Å². The Balaban J connectivity index is 2.29. The van der Waals surface area contributed by atoms with Gasteiger partial charge >= 0.3 is 0 Å². The van der Waals surface area contributed by atoms with E-state index in [9.17, 15) is 4.79 Å². The van der Waals surface area contributed by atoms with Gasteiger partial charge in [-0.1, -0.05) is 6.07 Å². The lowest BCUT2D eigenvalue weighted by molar-refractivity contribution is 0.101. The molecule has 0 aliphatic carbocycles. The molecule has 1 aromatic rings. The number of anilines is 1. The van der Waals surface area contributed by atoms with Crippen molar-refractivity contribution in [2.24, 2.45) is 5.92 Å². The zero-order chi connectivity index (χ0) is 14.5. The first kappa shape index (κ1) is 14.9. The molecule has 0 spiro atoms. The van der Waals surface area contributed by atoms with Crippen molar-refractivity contribution < 1.29 is 14.3 Å². The largest absolute Gasteiger partial charge is 0.496 e. The Hall–Kier alpha value is -1.55. The number of benzene rings is 1. The van der Waals surface area contributed by atoms with Crippen LogP contribution in [0.3, 0.4) is 0 Å². The molecular formula is C16H23NO3. The average Bonchev–Trinajstić information content (AvgIpc) is 2.47. The molecule has 1 fully saturated rings. The van der Waals surface area contributed by atoms with Crippen LogP contribution in [0.15, 0.2) is 18.2 Å². The van der Waals surface area contributed by atoms with Crippen LogP contribution in [0.2, 0.25) is 0 Å². The lowest BCUT2D eigenvalue weighted by Crippen LogP contribution is -2.37. The average molecular weight is 277 g/mol. The molecule has 1 unspecified atom stereocenters. The lowest BCUT2D eigenvalue weighted by atomic mass is 9.97. The third-order valence-electron chi connectivity index (χ3n) is 3.84. The summed E-state index contributed by atoms with van der Waals surface area (Å²) in [7, 11) is 3.35. The number of methoxy groups -OCH3 is 2. The molecule has 1 aromatic carbocycles. The molecule has 20 heavy (non-hydrogen) atoms. The molecule has 1 saturated heterocycles. The number of piperidine rings is 1. The molecule has 1 heterocycles. The van der Waals surface area contributed by atoms with Crippen molar-refractivity contribution in [3.8, 4) is 5.75 Å². The number of ketones is 1. The van der Waals surface area contributed by atoms with Gasteiger partial charge in [0.05, 0.1) is 25.0 Å². The predicted octanol–water partition coefficient (Wildman–Crippen LogP) is 2.76. The number of carbonyl (C=O) groups is 1.